The first-order chi connectivity index (χ1) is 15.1. The molecule has 1 aliphatic carbocycles. The molecule has 2 nitrogen and oxygen atoms in total. The number of nitrogens with zero attached hydrogens (tertiary/aromatic N) is 1. The molecule has 2 heterocycles. The van der Waals surface area contributed by atoms with E-state index in [0.717, 1.165) is 51.6 Å². The molecule has 3 aromatic carbocycles. The minimum absolute atomic E-state index is 0.243. The van der Waals surface area contributed by atoms with E-state index in [4.69, 9.17) is 4.42 Å². The first-order valence-electron chi connectivity index (χ1n) is 10.8. The summed E-state index contributed by atoms with van der Waals surface area (Å²) in [5.41, 5.74) is 8.86. The van der Waals surface area contributed by atoms with Gasteiger partial charge in [-0.05, 0) is 66.6 Å². The van der Waals surface area contributed by atoms with E-state index in [2.05, 4.69) is 41.8 Å². The van der Waals surface area contributed by atoms with E-state index in [1.165, 1.54) is 17.5 Å². The van der Waals surface area contributed by atoms with Gasteiger partial charge in [0.15, 0.2) is 6.20 Å². The molecule has 2 aromatic heterocycles. The fraction of sp³-hybridized carbons (Fsp3) is 0.179. The molecule has 0 bridgehead atoms. The van der Waals surface area contributed by atoms with E-state index in [9.17, 15) is 0 Å². The molecule has 0 fully saturated rings. The van der Waals surface area contributed by atoms with Gasteiger partial charge < -0.3 is 4.42 Å². The molecule has 0 saturated carbocycles. The standard InChI is InChI=1S/C28H23FNO/c1-17-9-12-21-22-13-14-23(29)26(20-11-10-18-6-5-7-19(18)16-20)28(22)31-27(21)25(17)24-8-3-4-15-30(24)2/h3-4,8-16H,5-7H2,1-2H3/q+1. The minimum atomic E-state index is -0.243. The Labute approximate surface area is 180 Å². The molecule has 0 amide bonds. The lowest BCUT2D eigenvalue weighted by atomic mass is 9.97. The number of rotatable bonds is 2. The topological polar surface area (TPSA) is 17.0 Å². The number of aryl methyl sites for hydroxylation is 4. The average Bonchev–Trinajstić information content (AvgIpc) is 3.38. The maximum absolute atomic E-state index is 15.2. The molecule has 152 valence electrons. The average molecular weight is 408 g/mol. The van der Waals surface area contributed by atoms with E-state index in [-0.39, 0.29) is 5.82 Å². The van der Waals surface area contributed by atoms with Crippen molar-refractivity contribution in [1.82, 2.24) is 0 Å². The molecule has 0 atom stereocenters. The zero-order chi connectivity index (χ0) is 21.1. The molecule has 0 radical (unpaired) electrons. The Morgan fingerprint density at radius 1 is 0.839 bits per heavy atom. The minimum Gasteiger partial charge on any atom is -0.454 e. The quantitative estimate of drug-likeness (QED) is 0.298. The summed E-state index contributed by atoms with van der Waals surface area (Å²) < 4.78 is 23.8. The molecular weight excluding hydrogens is 385 g/mol. The van der Waals surface area contributed by atoms with Crippen LogP contribution in [-0.4, -0.2) is 0 Å². The largest absolute Gasteiger partial charge is 0.454 e. The van der Waals surface area contributed by atoms with Crippen LogP contribution in [0.15, 0.2) is 71.3 Å². The lowest BCUT2D eigenvalue weighted by Crippen LogP contribution is -2.30. The van der Waals surface area contributed by atoms with Gasteiger partial charge in [0.25, 0.3) is 0 Å². The van der Waals surface area contributed by atoms with E-state index in [1.54, 1.807) is 6.07 Å². The second-order valence-corrected chi connectivity index (χ2v) is 8.57. The monoisotopic (exact) mass is 408 g/mol. The Morgan fingerprint density at radius 3 is 2.45 bits per heavy atom. The van der Waals surface area contributed by atoms with E-state index < -0.39 is 0 Å². The van der Waals surface area contributed by atoms with Crippen LogP contribution in [0, 0.1) is 12.7 Å². The molecule has 0 N–H and O–H groups in total. The van der Waals surface area contributed by atoms with E-state index >= 15 is 4.39 Å². The van der Waals surface area contributed by atoms with Gasteiger partial charge in [0, 0.05) is 22.9 Å². The van der Waals surface area contributed by atoms with Crippen LogP contribution < -0.4 is 4.57 Å². The van der Waals surface area contributed by atoms with Gasteiger partial charge in [-0.2, -0.15) is 0 Å². The second-order valence-electron chi connectivity index (χ2n) is 8.57. The van der Waals surface area contributed by atoms with Gasteiger partial charge >= 0.3 is 0 Å². The third kappa shape index (κ3) is 2.73. The summed E-state index contributed by atoms with van der Waals surface area (Å²) in [6, 6.07) is 20.1. The summed E-state index contributed by atoms with van der Waals surface area (Å²) in [5, 5.41) is 1.97. The number of aromatic nitrogens is 1. The highest BCUT2D eigenvalue weighted by Crippen LogP contribution is 2.42. The number of fused-ring (bicyclic) bond motifs is 4. The van der Waals surface area contributed by atoms with Crippen LogP contribution in [0.25, 0.3) is 44.3 Å². The summed E-state index contributed by atoms with van der Waals surface area (Å²) in [6.45, 7) is 2.09. The first kappa shape index (κ1) is 18.3. The maximum Gasteiger partial charge on any atom is 0.216 e. The Balaban J connectivity index is 1.68. The van der Waals surface area contributed by atoms with Crippen LogP contribution in [-0.2, 0) is 19.9 Å². The zero-order valence-electron chi connectivity index (χ0n) is 17.7. The Bertz CT molecular complexity index is 1490. The van der Waals surface area contributed by atoms with Crippen LogP contribution in [0.3, 0.4) is 0 Å². The summed E-state index contributed by atoms with van der Waals surface area (Å²) in [7, 11) is 2.03. The molecule has 6 rings (SSSR count). The van der Waals surface area contributed by atoms with Gasteiger partial charge in [-0.1, -0.05) is 30.3 Å². The van der Waals surface area contributed by atoms with Gasteiger partial charge in [0.2, 0.25) is 5.69 Å². The van der Waals surface area contributed by atoms with Crippen molar-refractivity contribution in [2.24, 2.45) is 7.05 Å². The van der Waals surface area contributed by atoms with Crippen molar-refractivity contribution in [3.8, 4) is 22.4 Å². The summed E-state index contributed by atoms with van der Waals surface area (Å²) in [5.74, 6) is -0.243. The predicted molar refractivity (Wildman–Crippen MR) is 122 cm³/mol. The smallest absolute Gasteiger partial charge is 0.216 e. The second kappa shape index (κ2) is 6.78. The molecule has 0 aliphatic heterocycles. The van der Waals surface area contributed by atoms with Crippen molar-refractivity contribution in [3.05, 3.63) is 89.4 Å². The number of benzene rings is 3. The molecule has 1 aliphatic rings. The number of halogens is 1. The molecule has 3 heteroatoms. The van der Waals surface area contributed by atoms with Crippen molar-refractivity contribution >= 4 is 21.9 Å². The zero-order valence-corrected chi connectivity index (χ0v) is 17.7. The Hall–Kier alpha value is -3.46. The fourth-order valence-corrected chi connectivity index (χ4v) is 5.08. The van der Waals surface area contributed by atoms with Crippen LogP contribution in [0.1, 0.15) is 23.1 Å². The number of hydrogen-bond acceptors (Lipinski definition) is 1. The molecule has 31 heavy (non-hydrogen) atoms. The van der Waals surface area contributed by atoms with Gasteiger partial charge in [0.05, 0.1) is 11.1 Å². The highest BCUT2D eigenvalue weighted by molar-refractivity contribution is 6.13. The van der Waals surface area contributed by atoms with E-state index in [1.807, 2.05) is 37.5 Å². The Kier molecular flexibility index (Phi) is 4.01. The van der Waals surface area contributed by atoms with Crippen molar-refractivity contribution < 1.29 is 13.4 Å². The Morgan fingerprint density at radius 2 is 1.61 bits per heavy atom. The summed E-state index contributed by atoms with van der Waals surface area (Å²) >= 11 is 0. The fourth-order valence-electron chi connectivity index (χ4n) is 5.08. The third-order valence-corrected chi connectivity index (χ3v) is 6.67. The molecule has 0 unspecified atom stereocenters. The third-order valence-electron chi connectivity index (χ3n) is 6.67. The number of pyridine rings is 1. The lowest BCUT2D eigenvalue weighted by molar-refractivity contribution is -0.660. The maximum atomic E-state index is 15.2. The van der Waals surface area contributed by atoms with Gasteiger partial charge in [0.1, 0.15) is 24.0 Å². The molecule has 0 saturated heterocycles. The number of hydrogen-bond donors (Lipinski definition) is 0. The highest BCUT2D eigenvalue weighted by atomic mass is 19.1. The summed E-state index contributed by atoms with van der Waals surface area (Å²) in [4.78, 5) is 0. The predicted octanol–water partition coefficient (Wildman–Crippen LogP) is 6.68. The van der Waals surface area contributed by atoms with Gasteiger partial charge in [-0.15, -0.1) is 0 Å². The normalized spacial score (nSPS) is 13.3. The van der Waals surface area contributed by atoms with Gasteiger partial charge in [-0.3, -0.25) is 0 Å². The molecular formula is C28H23FNO+. The lowest BCUT2D eigenvalue weighted by Gasteiger charge is -2.07. The van der Waals surface area contributed by atoms with E-state index in [0.29, 0.717) is 11.1 Å². The van der Waals surface area contributed by atoms with Crippen molar-refractivity contribution in [2.45, 2.75) is 26.2 Å². The molecule has 0 spiro atoms. The number of furan rings is 1. The summed E-state index contributed by atoms with van der Waals surface area (Å²) in [6.07, 6.45) is 5.39. The highest BCUT2D eigenvalue weighted by Gasteiger charge is 2.23. The van der Waals surface area contributed by atoms with Crippen LogP contribution in [0.2, 0.25) is 0 Å². The van der Waals surface area contributed by atoms with Crippen molar-refractivity contribution in [1.29, 1.82) is 0 Å². The van der Waals surface area contributed by atoms with Crippen molar-refractivity contribution in [3.63, 3.8) is 0 Å². The van der Waals surface area contributed by atoms with Crippen LogP contribution in [0.4, 0.5) is 4.39 Å². The van der Waals surface area contributed by atoms with Crippen molar-refractivity contribution in [2.75, 3.05) is 0 Å². The first-order valence-corrected chi connectivity index (χ1v) is 10.8. The SMILES string of the molecule is Cc1ccc2c(oc3c(-c4ccc5c(c4)CCC5)c(F)ccc32)c1-c1cccc[n+]1C. The molecule has 5 aromatic rings. The van der Waals surface area contributed by atoms with Crippen LogP contribution in [0.5, 0.6) is 0 Å². The van der Waals surface area contributed by atoms with Crippen LogP contribution >= 0.6 is 0 Å². The van der Waals surface area contributed by atoms with Gasteiger partial charge in [-0.25, -0.2) is 8.96 Å².